The summed E-state index contributed by atoms with van der Waals surface area (Å²) < 4.78 is 61.3. The second-order valence-corrected chi connectivity index (χ2v) is 12.2. The van der Waals surface area contributed by atoms with Gasteiger partial charge in [0.05, 0.1) is 0 Å². The number of alkyl halides is 3. The van der Waals surface area contributed by atoms with E-state index in [4.69, 9.17) is 0 Å². The fourth-order valence-corrected chi connectivity index (χ4v) is 5.00. The molecule has 2 rings (SSSR count). The van der Waals surface area contributed by atoms with Crippen molar-refractivity contribution in [2.24, 2.45) is 5.41 Å². The zero-order valence-corrected chi connectivity index (χ0v) is 20.7. The second kappa shape index (κ2) is 11.2. The maximum atomic E-state index is 13.3. The Morgan fingerprint density at radius 2 is 1.53 bits per heavy atom. The van der Waals surface area contributed by atoms with Crippen LogP contribution in [0.1, 0.15) is 49.8 Å². The average molecular weight is 510 g/mol. The van der Waals surface area contributed by atoms with Gasteiger partial charge in [0.2, 0.25) is 0 Å². The van der Waals surface area contributed by atoms with E-state index in [1.165, 1.54) is 0 Å². The Morgan fingerprint density at radius 3 is 1.94 bits per heavy atom. The molecule has 0 unspecified atom stereocenters. The molecule has 0 fully saturated rings. The maximum absolute atomic E-state index is 13.3. The van der Waals surface area contributed by atoms with Crippen molar-refractivity contribution in [2.75, 3.05) is 6.54 Å². The third-order valence-electron chi connectivity index (χ3n) is 4.62. The Morgan fingerprint density at radius 1 is 1.00 bits per heavy atom. The maximum Gasteiger partial charge on any atom is 0.511 e. The molecule has 0 bridgehead atoms. The summed E-state index contributed by atoms with van der Waals surface area (Å²) in [4.78, 5) is 17.5. The van der Waals surface area contributed by atoms with E-state index in [9.17, 15) is 26.4 Å². The monoisotopic (exact) mass is 509 g/mol. The van der Waals surface area contributed by atoms with Gasteiger partial charge < -0.3 is 0 Å². The summed E-state index contributed by atoms with van der Waals surface area (Å²) in [5, 5.41) is 3.94. The number of hydrogen-bond donors (Lipinski definition) is 1. The number of ketones is 1. The number of thiophene rings is 2. The van der Waals surface area contributed by atoms with Crippen molar-refractivity contribution in [3.63, 3.8) is 0 Å². The lowest BCUT2D eigenvalue weighted by Gasteiger charge is -2.33. The molecule has 5 nitrogen and oxygen atoms in total. The van der Waals surface area contributed by atoms with E-state index in [0.29, 0.717) is 32.0 Å². The summed E-state index contributed by atoms with van der Waals surface area (Å²) >= 11 is 3.18. The average Bonchev–Trinajstić information content (AvgIpc) is 3.36. The van der Waals surface area contributed by atoms with Crippen molar-refractivity contribution >= 4 is 38.5 Å². The summed E-state index contributed by atoms with van der Waals surface area (Å²) in [6.45, 7) is 6.26. The third-order valence-corrected chi connectivity index (χ3v) is 7.53. The summed E-state index contributed by atoms with van der Waals surface area (Å²) in [6.07, 6.45) is 0.908. The number of sulfonamides is 1. The van der Waals surface area contributed by atoms with E-state index in [0.717, 1.165) is 9.75 Å². The van der Waals surface area contributed by atoms with Crippen LogP contribution < -0.4 is 4.72 Å². The van der Waals surface area contributed by atoms with Crippen LogP contribution in [-0.2, 0) is 27.9 Å². The highest BCUT2D eigenvalue weighted by molar-refractivity contribution is 7.90. The van der Waals surface area contributed by atoms with Crippen LogP contribution in [0.25, 0.3) is 0 Å². The molecule has 2 aromatic rings. The van der Waals surface area contributed by atoms with Crippen LogP contribution in [0.15, 0.2) is 35.0 Å². The largest absolute Gasteiger partial charge is 0.511 e. The predicted molar refractivity (Wildman–Crippen MR) is 122 cm³/mol. The van der Waals surface area contributed by atoms with Gasteiger partial charge in [-0.1, -0.05) is 32.9 Å². The van der Waals surface area contributed by atoms with Gasteiger partial charge >= 0.3 is 15.5 Å². The van der Waals surface area contributed by atoms with Crippen LogP contribution in [0.4, 0.5) is 13.2 Å². The number of Topliss-reactive ketones (excluding diaryl/α,β-unsaturated/α-hetero) is 1. The predicted octanol–water partition coefficient (Wildman–Crippen LogP) is 5.57. The fourth-order valence-electron chi connectivity index (χ4n) is 2.98. The van der Waals surface area contributed by atoms with Gasteiger partial charge in [-0.15, -0.1) is 22.7 Å². The van der Waals surface area contributed by atoms with Gasteiger partial charge in [-0.05, 0) is 42.2 Å². The van der Waals surface area contributed by atoms with Gasteiger partial charge in [0, 0.05) is 34.8 Å². The minimum atomic E-state index is -5.35. The molecule has 1 radical (unpaired) electrons. The molecule has 0 atom stereocenters. The first-order chi connectivity index (χ1) is 14.8. The van der Waals surface area contributed by atoms with E-state index >= 15 is 0 Å². The van der Waals surface area contributed by atoms with Gasteiger partial charge in [0.15, 0.2) is 5.78 Å². The Kier molecular flexibility index (Phi) is 9.47. The van der Waals surface area contributed by atoms with Crippen molar-refractivity contribution < 1.29 is 26.4 Å². The lowest BCUT2D eigenvalue weighted by Crippen LogP contribution is -2.39. The number of nitrogens with one attached hydrogen (secondary N) is 1. The van der Waals surface area contributed by atoms with Crippen molar-refractivity contribution in [1.29, 1.82) is 0 Å². The second-order valence-electron chi connectivity index (χ2n) is 8.34. The normalized spacial score (nSPS) is 13.2. The van der Waals surface area contributed by atoms with Crippen LogP contribution in [0.3, 0.4) is 0 Å². The van der Waals surface area contributed by atoms with E-state index in [2.05, 4.69) is 0 Å². The highest BCUT2D eigenvalue weighted by Gasteiger charge is 2.45. The van der Waals surface area contributed by atoms with E-state index in [1.807, 2.05) is 60.7 Å². The molecular weight excluding hydrogens is 481 g/mol. The van der Waals surface area contributed by atoms with Gasteiger partial charge in [-0.2, -0.15) is 13.2 Å². The van der Waals surface area contributed by atoms with Crippen molar-refractivity contribution in [1.82, 2.24) is 9.62 Å². The molecule has 2 heterocycles. The SMILES string of the molecule is CC(C)(C)C(=O)[C](CCCCNS(=O)(=O)C(F)(F)F)N(Cc1cccs1)Cc1cccs1. The van der Waals surface area contributed by atoms with Crippen molar-refractivity contribution in [2.45, 2.75) is 58.6 Å². The Balaban J connectivity index is 2.11. The van der Waals surface area contributed by atoms with Gasteiger partial charge in [0.1, 0.15) is 6.04 Å². The zero-order chi connectivity index (χ0) is 24.0. The molecule has 0 saturated heterocycles. The standard InChI is InChI=1S/C21H28F3N2O3S3/c1-20(2,3)19(27)18(10-4-5-11-25-32(28,29)21(22,23)24)26(14-16-8-6-12-30-16)15-17-9-7-13-31-17/h6-9,12-13,25H,4-5,10-11,14-15H2,1-3H3. The highest BCUT2D eigenvalue weighted by atomic mass is 32.2. The van der Waals surface area contributed by atoms with Gasteiger partial charge in [-0.25, -0.2) is 13.1 Å². The Labute approximate surface area is 195 Å². The lowest BCUT2D eigenvalue weighted by atomic mass is 9.84. The van der Waals surface area contributed by atoms with Crippen LogP contribution in [-0.4, -0.2) is 31.2 Å². The number of nitrogens with zero attached hydrogens (tertiary/aromatic N) is 1. The molecule has 0 amide bonds. The molecule has 2 aromatic heterocycles. The molecule has 0 saturated carbocycles. The fraction of sp³-hybridized carbons (Fsp3) is 0.524. The van der Waals surface area contributed by atoms with Crippen molar-refractivity contribution in [3.05, 3.63) is 50.8 Å². The first-order valence-corrected chi connectivity index (χ1v) is 13.3. The van der Waals surface area contributed by atoms with Crippen LogP contribution in [0.5, 0.6) is 0 Å². The molecule has 0 aliphatic heterocycles. The Bertz CT molecular complexity index is 899. The Hall–Kier alpha value is -1.27. The highest BCUT2D eigenvalue weighted by Crippen LogP contribution is 2.32. The summed E-state index contributed by atoms with van der Waals surface area (Å²) in [7, 11) is -5.35. The molecule has 32 heavy (non-hydrogen) atoms. The number of halogens is 3. The summed E-state index contributed by atoms with van der Waals surface area (Å²) in [5.41, 5.74) is -5.96. The first kappa shape index (κ1) is 27.0. The lowest BCUT2D eigenvalue weighted by molar-refractivity contribution is -0.127. The van der Waals surface area contributed by atoms with E-state index in [1.54, 1.807) is 27.4 Å². The number of carbonyl (C=O) groups excluding carboxylic acids is 1. The third kappa shape index (κ3) is 7.95. The minimum Gasteiger partial charge on any atom is -0.297 e. The number of carbonyl (C=O) groups is 1. The van der Waals surface area contributed by atoms with E-state index < -0.39 is 20.9 Å². The van der Waals surface area contributed by atoms with E-state index in [-0.39, 0.29) is 18.7 Å². The number of hydrogen-bond acceptors (Lipinski definition) is 6. The van der Waals surface area contributed by atoms with Crippen molar-refractivity contribution in [3.8, 4) is 0 Å². The number of rotatable bonds is 12. The zero-order valence-electron chi connectivity index (χ0n) is 18.2. The summed E-state index contributed by atoms with van der Waals surface area (Å²) in [5.74, 6) is -0.0264. The molecule has 0 aliphatic rings. The molecular formula is C21H28F3N2O3S3. The molecule has 0 aromatic carbocycles. The molecule has 11 heteroatoms. The quantitative estimate of drug-likeness (QED) is 0.380. The first-order valence-electron chi connectivity index (χ1n) is 10.1. The topological polar surface area (TPSA) is 66.5 Å². The minimum absolute atomic E-state index is 0.0264. The van der Waals surface area contributed by atoms with Gasteiger partial charge in [-0.3, -0.25) is 9.69 Å². The summed E-state index contributed by atoms with van der Waals surface area (Å²) in [6, 6.07) is 8.50. The van der Waals surface area contributed by atoms with Crippen LogP contribution in [0, 0.1) is 11.5 Å². The van der Waals surface area contributed by atoms with Gasteiger partial charge in [0.25, 0.3) is 0 Å². The molecule has 1 N–H and O–H groups in total. The number of unbranched alkanes of at least 4 members (excludes halogenated alkanes) is 1. The molecule has 0 spiro atoms. The van der Waals surface area contributed by atoms with Crippen LogP contribution in [0.2, 0.25) is 0 Å². The smallest absolute Gasteiger partial charge is 0.297 e. The molecule has 0 aliphatic carbocycles. The van der Waals surface area contributed by atoms with Crippen LogP contribution >= 0.6 is 22.7 Å². The molecule has 179 valence electrons.